The van der Waals surface area contributed by atoms with Crippen molar-refractivity contribution >= 4 is 70.9 Å². The monoisotopic (exact) mass is 1410 g/mol. The molecule has 0 aromatic rings. The van der Waals surface area contributed by atoms with Crippen molar-refractivity contribution in [2.24, 2.45) is 35.5 Å². The van der Waals surface area contributed by atoms with E-state index in [0.717, 1.165) is 80.4 Å². The van der Waals surface area contributed by atoms with Gasteiger partial charge in [0.25, 0.3) is 0 Å². The third kappa shape index (κ3) is 25.8. The molecular weight excluding hydrogens is 1280 g/mol. The number of likely N-dealkylation sites (tertiary alicyclic amines) is 1. The van der Waals surface area contributed by atoms with E-state index in [1.165, 1.54) is 80.8 Å². The van der Waals surface area contributed by atoms with Gasteiger partial charge in [0.1, 0.15) is 54.4 Å². The van der Waals surface area contributed by atoms with Crippen LogP contribution in [0.1, 0.15) is 218 Å². The Morgan fingerprint density at radius 3 is 1.40 bits per heavy atom. The Morgan fingerprint density at radius 2 is 0.910 bits per heavy atom. The molecule has 0 bridgehead atoms. The number of carbonyl (C=O) groups is 12. The van der Waals surface area contributed by atoms with Gasteiger partial charge >= 0.3 is 0 Å². The third-order valence-electron chi connectivity index (χ3n) is 20.9. The highest BCUT2D eigenvalue weighted by atomic mass is 16.5. The van der Waals surface area contributed by atoms with Crippen molar-refractivity contribution in [3.63, 3.8) is 0 Å². The van der Waals surface area contributed by atoms with Crippen LogP contribution in [0.4, 0.5) is 0 Å². The molecule has 2 aliphatic heterocycles. The molecule has 0 radical (unpaired) electrons. The molecule has 2 saturated carbocycles. The summed E-state index contributed by atoms with van der Waals surface area (Å²) in [7, 11) is 10.0. The number of amides is 12. The molecule has 11 atom stereocenters. The van der Waals surface area contributed by atoms with Crippen molar-refractivity contribution in [1.29, 1.82) is 0 Å². The molecule has 570 valence electrons. The Labute approximate surface area is 597 Å². The molecule has 2 saturated heterocycles. The van der Waals surface area contributed by atoms with Crippen LogP contribution in [0.15, 0.2) is 0 Å². The molecule has 0 aromatic heterocycles. The SMILES string of the molecule is CC[C@H](C)[C@@H]1NC(=O)[C@H](CC2CCCCC2)N(C)C(=O)CN(C)C(=O)C[C@@H](C(=O)N2CCCCC2)NC(=O)[C@H](CC(C)C)N(C)C(=O)[C@H](COC(C)(C)C)NC(=O)[C@H](CC(C)C)N(C)C(=O)[C@H](CCC2CCCCC2)N(C)C(=O)CN(C)C(=O)[C@H]([C@@H](C)O)NC(=O)[C@H](CC(C)C)N(C)C1=O. The number of carbonyl (C=O) groups excluding carboxylic acids is 12. The molecule has 4 fully saturated rings. The molecule has 0 unspecified atom stereocenters. The lowest BCUT2D eigenvalue weighted by atomic mass is 9.84. The lowest BCUT2D eigenvalue weighted by molar-refractivity contribution is -0.151. The summed E-state index contributed by atoms with van der Waals surface area (Å²) >= 11 is 0. The second-order valence-corrected chi connectivity index (χ2v) is 31.8. The Hall–Kier alpha value is -6.44. The van der Waals surface area contributed by atoms with E-state index in [1.807, 2.05) is 48.5 Å². The van der Waals surface area contributed by atoms with Crippen LogP contribution in [-0.2, 0) is 62.3 Å². The zero-order valence-corrected chi connectivity index (χ0v) is 64.5. The van der Waals surface area contributed by atoms with Crippen LogP contribution in [0.2, 0.25) is 0 Å². The summed E-state index contributed by atoms with van der Waals surface area (Å²) in [5, 5.41) is 22.8. The highest BCUT2D eigenvalue weighted by Gasteiger charge is 2.44. The largest absolute Gasteiger partial charge is 0.391 e. The molecule has 4 aliphatic rings. The summed E-state index contributed by atoms with van der Waals surface area (Å²) in [5.74, 6) is -8.93. The summed E-state index contributed by atoms with van der Waals surface area (Å²) in [4.78, 5) is 190. The fourth-order valence-corrected chi connectivity index (χ4v) is 14.2. The maximum atomic E-state index is 15.4. The molecule has 2 aliphatic carbocycles. The van der Waals surface area contributed by atoms with Gasteiger partial charge in [0.2, 0.25) is 70.9 Å². The maximum Gasteiger partial charge on any atom is 0.248 e. The number of nitrogens with one attached hydrogen (secondary N) is 4. The number of piperidine rings is 1. The van der Waals surface area contributed by atoms with Gasteiger partial charge in [0.05, 0.1) is 37.8 Å². The summed E-state index contributed by atoms with van der Waals surface area (Å²) in [5.41, 5.74) is -0.834. The van der Waals surface area contributed by atoms with Gasteiger partial charge in [-0.05, 0) is 121 Å². The highest BCUT2D eigenvalue weighted by Crippen LogP contribution is 2.31. The van der Waals surface area contributed by atoms with Crippen LogP contribution in [0.3, 0.4) is 0 Å². The molecule has 100 heavy (non-hydrogen) atoms. The topological polar surface area (TPSA) is 308 Å². The Balaban J connectivity index is 1.94. The van der Waals surface area contributed by atoms with Crippen LogP contribution in [0.25, 0.3) is 0 Å². The van der Waals surface area contributed by atoms with Gasteiger partial charge in [-0.1, -0.05) is 126 Å². The smallest absolute Gasteiger partial charge is 0.248 e. The Morgan fingerprint density at radius 1 is 0.480 bits per heavy atom. The second-order valence-electron chi connectivity index (χ2n) is 31.8. The van der Waals surface area contributed by atoms with E-state index < -0.39 is 162 Å². The van der Waals surface area contributed by atoms with Crippen LogP contribution in [-0.4, -0.2) is 263 Å². The average Bonchev–Trinajstić information content (AvgIpc) is 0.825. The number of nitrogens with zero attached hydrogens (tertiary/aromatic N) is 8. The molecule has 5 N–H and O–H groups in total. The fourth-order valence-electron chi connectivity index (χ4n) is 14.2. The number of aliphatic hydroxyl groups is 1. The van der Waals surface area contributed by atoms with E-state index in [1.54, 1.807) is 32.6 Å². The minimum Gasteiger partial charge on any atom is -0.391 e. The van der Waals surface area contributed by atoms with Gasteiger partial charge in [-0.3, -0.25) is 57.5 Å². The zero-order valence-electron chi connectivity index (χ0n) is 64.5. The molecule has 4 rings (SSSR count). The van der Waals surface area contributed by atoms with Gasteiger partial charge in [0.15, 0.2) is 0 Å². The summed E-state index contributed by atoms with van der Waals surface area (Å²) < 4.78 is 6.22. The maximum absolute atomic E-state index is 15.4. The van der Waals surface area contributed by atoms with Crippen molar-refractivity contribution in [2.45, 2.75) is 284 Å². The first-order chi connectivity index (χ1) is 46.8. The van der Waals surface area contributed by atoms with E-state index in [-0.39, 0.29) is 68.3 Å². The molecule has 26 heteroatoms. The highest BCUT2D eigenvalue weighted by molar-refractivity contribution is 6.00. The lowest BCUT2D eigenvalue weighted by Crippen LogP contribution is -2.62. The minimum absolute atomic E-state index is 0.0359. The van der Waals surface area contributed by atoms with Crippen LogP contribution >= 0.6 is 0 Å². The first-order valence-corrected chi connectivity index (χ1v) is 37.4. The van der Waals surface area contributed by atoms with Gasteiger partial charge in [-0.25, -0.2) is 0 Å². The number of rotatable bonds is 17. The van der Waals surface area contributed by atoms with Gasteiger partial charge in [-0.15, -0.1) is 0 Å². The number of aliphatic hydroxyl groups excluding tert-OH is 1. The van der Waals surface area contributed by atoms with Crippen LogP contribution in [0, 0.1) is 35.5 Å². The molecule has 12 amide bonds. The lowest BCUT2D eigenvalue weighted by Gasteiger charge is -2.38. The molecule has 2 heterocycles. The van der Waals surface area contributed by atoms with Gasteiger partial charge < -0.3 is 70.3 Å². The number of likely N-dealkylation sites (N-methyl/N-ethyl adjacent to an activating group) is 7. The van der Waals surface area contributed by atoms with E-state index in [4.69, 9.17) is 4.74 Å². The predicted octanol–water partition coefficient (Wildman–Crippen LogP) is 5.10. The van der Waals surface area contributed by atoms with E-state index in [2.05, 4.69) is 21.3 Å². The summed E-state index contributed by atoms with van der Waals surface area (Å²) in [6.07, 6.45) is 11.3. The predicted molar refractivity (Wildman–Crippen MR) is 383 cm³/mol. The quantitative estimate of drug-likeness (QED) is 0.127. The third-order valence-corrected chi connectivity index (χ3v) is 20.9. The van der Waals surface area contributed by atoms with Crippen LogP contribution in [0.5, 0.6) is 0 Å². The van der Waals surface area contributed by atoms with Gasteiger partial charge in [-0.2, -0.15) is 0 Å². The standard InChI is InChI=1S/C74H130N12O14/c1-20-49(8)63-73(99)85(19)58(40-48(6)7)67(93)78-64(50(9)87)72(98)80(14)44-62(90)81(15)55(35-34-51-30-24-21-25-31-51)71(97)84(18)57(39-47(4)5)66(92)76-54(45-100-74(10,11)12)69(95)83(17)56(38-46(2)3)65(91)75-53(70(96)86-36-28-23-29-37-86)42-60(88)79(13)43-61(89)82(16)59(68(94)77-63)41-52-32-26-22-27-33-52/h46-59,63-64,87H,20-45H2,1-19H3,(H,75,91)(H,76,92)(H,77,94)(H,78,93)/t49-,50+,53-,54-,55-,56-,57-,58-,59-,63-,64-/m0/s1. The van der Waals surface area contributed by atoms with Crippen molar-refractivity contribution in [1.82, 2.24) is 60.5 Å². The van der Waals surface area contributed by atoms with E-state index in [9.17, 15) is 33.9 Å². The average molecular weight is 1410 g/mol. The van der Waals surface area contributed by atoms with E-state index >= 15 is 28.8 Å². The molecular formula is C74H130N12O14. The van der Waals surface area contributed by atoms with Crippen molar-refractivity contribution in [2.75, 3.05) is 82.1 Å². The molecule has 26 nitrogen and oxygen atoms in total. The Kier molecular flexibility index (Phi) is 34.7. The fraction of sp³-hybridized carbons (Fsp3) is 0.838. The van der Waals surface area contributed by atoms with E-state index in [0.29, 0.717) is 38.8 Å². The molecule has 0 aromatic carbocycles. The van der Waals surface area contributed by atoms with Crippen molar-refractivity contribution in [3.05, 3.63) is 0 Å². The summed E-state index contributed by atoms with van der Waals surface area (Å²) in [6.45, 7) is 20.7. The van der Waals surface area contributed by atoms with Gasteiger partial charge in [0, 0.05) is 62.4 Å². The first kappa shape index (κ1) is 86.0. The second kappa shape index (κ2) is 40.4. The Bertz CT molecular complexity index is 2740. The van der Waals surface area contributed by atoms with Crippen molar-refractivity contribution < 1.29 is 67.4 Å². The van der Waals surface area contributed by atoms with Crippen LogP contribution < -0.4 is 21.3 Å². The van der Waals surface area contributed by atoms with Crippen molar-refractivity contribution in [3.8, 4) is 0 Å². The minimum atomic E-state index is -1.62. The summed E-state index contributed by atoms with van der Waals surface area (Å²) in [6, 6.07) is -11.7. The zero-order chi connectivity index (χ0) is 75.2. The number of hydrogen-bond donors (Lipinski definition) is 5. The number of hydrogen-bond acceptors (Lipinski definition) is 14. The first-order valence-electron chi connectivity index (χ1n) is 37.4. The molecule has 0 spiro atoms. The number of ether oxygens (including phenoxy) is 1. The normalized spacial score (nSPS) is 27.1.